The molecule has 0 unspecified atom stereocenters. The summed E-state index contributed by atoms with van der Waals surface area (Å²) < 4.78 is 26.5. The number of hydrogen-bond acceptors (Lipinski definition) is 5. The van der Waals surface area contributed by atoms with Crippen LogP contribution in [0.25, 0.3) is 0 Å². The van der Waals surface area contributed by atoms with E-state index in [0.717, 1.165) is 6.07 Å². The Morgan fingerprint density at radius 1 is 1.35 bits per heavy atom. The summed E-state index contributed by atoms with van der Waals surface area (Å²) in [5, 5.41) is 10.8. The first-order valence-corrected chi connectivity index (χ1v) is 7.77. The summed E-state index contributed by atoms with van der Waals surface area (Å²) in [5.74, 6) is 0. The molecule has 2 rings (SSSR count). The second-order valence-corrected chi connectivity index (χ2v) is 6.85. The van der Waals surface area contributed by atoms with Crippen LogP contribution in [0.1, 0.15) is 18.4 Å². The highest BCUT2D eigenvalue weighted by Crippen LogP contribution is 2.26. The van der Waals surface area contributed by atoms with Gasteiger partial charge >= 0.3 is 0 Å². The second-order valence-electron chi connectivity index (χ2n) is 4.95. The molecular weight excluding hydrogens is 282 g/mol. The van der Waals surface area contributed by atoms with E-state index >= 15 is 0 Å². The molecule has 20 heavy (non-hydrogen) atoms. The third-order valence-corrected chi connectivity index (χ3v) is 5.54. The molecule has 0 amide bonds. The molecule has 2 N–H and O–H groups in total. The number of nitrogens with two attached hydrogens (primary N) is 1. The minimum absolute atomic E-state index is 0.00201. The SMILES string of the molecule is Cc1ccc([N+](=O)[O-])cc1S(=O)(=O)N1CCC(N)CC1. The van der Waals surface area contributed by atoms with E-state index in [4.69, 9.17) is 5.73 Å². The van der Waals surface area contributed by atoms with Crippen molar-refractivity contribution in [3.05, 3.63) is 33.9 Å². The van der Waals surface area contributed by atoms with Crippen molar-refractivity contribution >= 4 is 15.7 Å². The molecule has 7 nitrogen and oxygen atoms in total. The summed E-state index contributed by atoms with van der Waals surface area (Å²) in [6.45, 7) is 2.34. The number of aryl methyl sites for hydroxylation is 1. The van der Waals surface area contributed by atoms with Gasteiger partial charge in [0.1, 0.15) is 0 Å². The summed E-state index contributed by atoms with van der Waals surface area (Å²) in [4.78, 5) is 10.2. The van der Waals surface area contributed by atoms with Crippen molar-refractivity contribution in [2.75, 3.05) is 13.1 Å². The number of nitrogens with zero attached hydrogens (tertiary/aromatic N) is 2. The molecule has 0 aromatic heterocycles. The summed E-state index contributed by atoms with van der Waals surface area (Å²) >= 11 is 0. The third-order valence-electron chi connectivity index (χ3n) is 3.50. The Labute approximate surface area is 117 Å². The Morgan fingerprint density at radius 3 is 2.50 bits per heavy atom. The van der Waals surface area contributed by atoms with Crippen LogP contribution in [0.3, 0.4) is 0 Å². The minimum atomic E-state index is -3.70. The molecule has 1 heterocycles. The summed E-state index contributed by atoms with van der Waals surface area (Å²) in [6, 6.07) is 3.91. The van der Waals surface area contributed by atoms with Crippen molar-refractivity contribution in [2.45, 2.75) is 30.7 Å². The Hall–Kier alpha value is -1.51. The monoisotopic (exact) mass is 299 g/mol. The second kappa shape index (κ2) is 5.47. The Balaban J connectivity index is 2.38. The van der Waals surface area contributed by atoms with Crippen LogP contribution in [-0.4, -0.2) is 36.8 Å². The van der Waals surface area contributed by atoms with Crippen molar-refractivity contribution in [2.24, 2.45) is 5.73 Å². The van der Waals surface area contributed by atoms with Gasteiger partial charge in [-0.15, -0.1) is 0 Å². The molecule has 0 radical (unpaired) electrons. The van der Waals surface area contributed by atoms with Gasteiger partial charge in [-0.05, 0) is 25.3 Å². The molecule has 0 bridgehead atoms. The van der Waals surface area contributed by atoms with Gasteiger partial charge in [-0.25, -0.2) is 8.42 Å². The molecule has 1 aromatic carbocycles. The maximum absolute atomic E-state index is 12.6. The quantitative estimate of drug-likeness (QED) is 0.662. The zero-order valence-electron chi connectivity index (χ0n) is 11.2. The summed E-state index contributed by atoms with van der Waals surface area (Å²) in [6.07, 6.45) is 1.21. The number of piperidine rings is 1. The normalized spacial score (nSPS) is 18.1. The van der Waals surface area contributed by atoms with Gasteiger partial charge in [-0.3, -0.25) is 10.1 Å². The fourth-order valence-corrected chi connectivity index (χ4v) is 3.95. The highest BCUT2D eigenvalue weighted by atomic mass is 32.2. The maximum Gasteiger partial charge on any atom is 0.270 e. The standard InChI is InChI=1S/C12H17N3O4S/c1-9-2-3-11(15(16)17)8-12(9)20(18,19)14-6-4-10(13)5-7-14/h2-3,8,10H,4-7,13H2,1H3. The van der Waals surface area contributed by atoms with Crippen molar-refractivity contribution in [3.63, 3.8) is 0 Å². The molecule has 110 valence electrons. The predicted octanol–water partition coefficient (Wildman–Crippen LogP) is 1.02. The van der Waals surface area contributed by atoms with E-state index in [1.165, 1.54) is 16.4 Å². The molecule has 1 aliphatic rings. The average Bonchev–Trinajstić information content (AvgIpc) is 2.39. The van der Waals surface area contributed by atoms with Crippen LogP contribution in [0.4, 0.5) is 5.69 Å². The van der Waals surface area contributed by atoms with Crippen LogP contribution >= 0.6 is 0 Å². The fraction of sp³-hybridized carbons (Fsp3) is 0.500. The van der Waals surface area contributed by atoms with E-state index in [2.05, 4.69) is 0 Å². The first-order valence-electron chi connectivity index (χ1n) is 6.33. The lowest BCUT2D eigenvalue weighted by Crippen LogP contribution is -2.42. The largest absolute Gasteiger partial charge is 0.328 e. The van der Waals surface area contributed by atoms with Gasteiger partial charge < -0.3 is 5.73 Å². The maximum atomic E-state index is 12.6. The van der Waals surface area contributed by atoms with Gasteiger partial charge in [0.2, 0.25) is 10.0 Å². The van der Waals surface area contributed by atoms with Gasteiger partial charge in [0, 0.05) is 31.3 Å². The Bertz CT molecular complexity index is 622. The number of hydrogen-bond donors (Lipinski definition) is 1. The van der Waals surface area contributed by atoms with Crippen LogP contribution < -0.4 is 5.73 Å². The predicted molar refractivity (Wildman–Crippen MR) is 73.8 cm³/mol. The molecule has 0 aliphatic carbocycles. The first-order chi connectivity index (χ1) is 9.32. The van der Waals surface area contributed by atoms with E-state index in [1.54, 1.807) is 6.92 Å². The van der Waals surface area contributed by atoms with E-state index in [1.807, 2.05) is 0 Å². The molecule has 8 heteroatoms. The number of benzene rings is 1. The number of non-ortho nitro benzene ring substituents is 1. The zero-order chi connectivity index (χ0) is 14.9. The molecule has 1 aromatic rings. The third kappa shape index (κ3) is 2.82. The van der Waals surface area contributed by atoms with Gasteiger partial charge in [0.15, 0.2) is 0 Å². The van der Waals surface area contributed by atoms with Gasteiger partial charge in [-0.2, -0.15) is 4.31 Å². The highest BCUT2D eigenvalue weighted by Gasteiger charge is 2.30. The van der Waals surface area contributed by atoms with Crippen molar-refractivity contribution in [1.29, 1.82) is 0 Å². The van der Waals surface area contributed by atoms with E-state index in [0.29, 0.717) is 31.5 Å². The topological polar surface area (TPSA) is 107 Å². The first kappa shape index (κ1) is 14.9. The van der Waals surface area contributed by atoms with Crippen molar-refractivity contribution in [3.8, 4) is 0 Å². The number of nitro groups is 1. The van der Waals surface area contributed by atoms with Crippen LogP contribution in [0.15, 0.2) is 23.1 Å². The smallest absolute Gasteiger partial charge is 0.270 e. The zero-order valence-corrected chi connectivity index (χ0v) is 12.0. The van der Waals surface area contributed by atoms with E-state index in [-0.39, 0.29) is 16.6 Å². The van der Waals surface area contributed by atoms with Gasteiger partial charge in [0.25, 0.3) is 5.69 Å². The summed E-state index contributed by atoms with van der Waals surface area (Å²) in [5.41, 5.74) is 6.05. The summed E-state index contributed by atoms with van der Waals surface area (Å²) in [7, 11) is -3.70. The number of nitro benzene ring substituents is 1. The molecule has 0 atom stereocenters. The van der Waals surface area contributed by atoms with Gasteiger partial charge in [-0.1, -0.05) is 6.07 Å². The fourth-order valence-electron chi connectivity index (χ4n) is 2.24. The van der Waals surface area contributed by atoms with E-state index in [9.17, 15) is 18.5 Å². The molecule has 0 spiro atoms. The van der Waals surface area contributed by atoms with E-state index < -0.39 is 14.9 Å². The highest BCUT2D eigenvalue weighted by molar-refractivity contribution is 7.89. The molecule has 0 saturated carbocycles. The van der Waals surface area contributed by atoms with Crippen molar-refractivity contribution in [1.82, 2.24) is 4.31 Å². The Morgan fingerprint density at radius 2 is 1.95 bits per heavy atom. The Kier molecular flexibility index (Phi) is 4.07. The lowest BCUT2D eigenvalue weighted by molar-refractivity contribution is -0.385. The molecule has 1 fully saturated rings. The molecular formula is C12H17N3O4S. The van der Waals surface area contributed by atoms with Gasteiger partial charge in [0.05, 0.1) is 9.82 Å². The van der Waals surface area contributed by atoms with Crippen molar-refractivity contribution < 1.29 is 13.3 Å². The lowest BCUT2D eigenvalue weighted by atomic mass is 10.1. The van der Waals surface area contributed by atoms with Crippen LogP contribution in [-0.2, 0) is 10.0 Å². The van der Waals surface area contributed by atoms with Crippen LogP contribution in [0.5, 0.6) is 0 Å². The molecule has 1 aliphatic heterocycles. The number of sulfonamides is 1. The average molecular weight is 299 g/mol. The minimum Gasteiger partial charge on any atom is -0.328 e. The number of rotatable bonds is 3. The molecule has 1 saturated heterocycles. The van der Waals surface area contributed by atoms with Crippen LogP contribution in [0.2, 0.25) is 0 Å². The lowest BCUT2D eigenvalue weighted by Gasteiger charge is -2.29. The van der Waals surface area contributed by atoms with Crippen LogP contribution in [0, 0.1) is 17.0 Å².